The zero-order valence-corrected chi connectivity index (χ0v) is 12.2. The number of rotatable bonds is 4. The largest absolute Gasteiger partial charge is 0.872 e. The molecule has 7 heteroatoms. The summed E-state index contributed by atoms with van der Waals surface area (Å²) in [6.45, 7) is 0. The molecule has 21 heavy (non-hydrogen) atoms. The molecule has 2 aromatic heterocycles. The van der Waals surface area contributed by atoms with Crippen molar-refractivity contribution in [3.63, 3.8) is 0 Å². The minimum atomic E-state index is -1.22. The molecule has 0 fully saturated rings. The van der Waals surface area contributed by atoms with Crippen LogP contribution in [-0.2, 0) is 0 Å². The average Bonchev–Trinajstić information content (AvgIpc) is 3.08. The van der Waals surface area contributed by atoms with E-state index in [0.717, 1.165) is 10.6 Å². The molecule has 0 amide bonds. The van der Waals surface area contributed by atoms with Gasteiger partial charge in [-0.1, -0.05) is 11.8 Å². The van der Waals surface area contributed by atoms with Crippen LogP contribution < -0.4 is 10.4 Å². The number of thiophene rings is 1. The number of hydrogen-bond donors (Lipinski definition) is 2. The van der Waals surface area contributed by atoms with Gasteiger partial charge >= 0.3 is 5.97 Å². The Morgan fingerprint density at radius 1 is 1.29 bits per heavy atom. The van der Waals surface area contributed by atoms with Gasteiger partial charge in [0.25, 0.3) is 0 Å². The normalized spacial score (nSPS) is 10.5. The molecule has 0 saturated carbocycles. The quantitative estimate of drug-likeness (QED) is 0.770. The molecular formula is C14H9N2O3S2-. The molecule has 106 valence electrons. The molecule has 0 atom stereocenters. The van der Waals surface area contributed by atoms with Crippen LogP contribution >= 0.6 is 22.7 Å². The van der Waals surface area contributed by atoms with Gasteiger partial charge in [0.2, 0.25) is 0 Å². The third-order valence-electron chi connectivity index (χ3n) is 2.74. The fraction of sp³-hybridized carbons (Fsp3) is 0. The standard InChI is InChI=1S/C14H10N2O3S2/c17-11-6-8(3-4-9(11)13(18)19)15-14-16-10(7-21-14)12-2-1-5-20-12/h1-7,17H,(H,15,16)(H,18,19)/p-1. The number of anilines is 2. The molecule has 2 heterocycles. The predicted molar refractivity (Wildman–Crippen MR) is 81.6 cm³/mol. The summed E-state index contributed by atoms with van der Waals surface area (Å²) in [6.07, 6.45) is 0. The molecule has 0 bridgehead atoms. The Bertz CT molecular complexity index is 781. The van der Waals surface area contributed by atoms with Gasteiger partial charge in [-0.3, -0.25) is 0 Å². The van der Waals surface area contributed by atoms with Crippen molar-refractivity contribution in [1.82, 2.24) is 4.98 Å². The summed E-state index contributed by atoms with van der Waals surface area (Å²) in [6, 6.07) is 8.05. The third-order valence-corrected chi connectivity index (χ3v) is 4.39. The first-order chi connectivity index (χ1) is 10.1. The third kappa shape index (κ3) is 2.88. The zero-order valence-electron chi connectivity index (χ0n) is 10.6. The van der Waals surface area contributed by atoms with Crippen molar-refractivity contribution >= 4 is 39.5 Å². The number of nitrogens with zero attached hydrogens (tertiary/aromatic N) is 1. The van der Waals surface area contributed by atoms with Crippen LogP contribution in [0.5, 0.6) is 5.75 Å². The molecule has 0 spiro atoms. The van der Waals surface area contributed by atoms with Crippen LogP contribution in [0.2, 0.25) is 0 Å². The van der Waals surface area contributed by atoms with Crippen LogP contribution in [0.3, 0.4) is 0 Å². The number of carboxylic acid groups (broad SMARTS) is 1. The molecule has 1 aromatic carbocycles. The number of benzene rings is 1. The highest BCUT2D eigenvalue weighted by molar-refractivity contribution is 7.16. The van der Waals surface area contributed by atoms with Gasteiger partial charge in [0.1, 0.15) is 0 Å². The number of thiazole rings is 1. The monoisotopic (exact) mass is 317 g/mol. The van der Waals surface area contributed by atoms with E-state index in [4.69, 9.17) is 5.11 Å². The van der Waals surface area contributed by atoms with Crippen LogP contribution in [-0.4, -0.2) is 16.1 Å². The predicted octanol–water partition coefficient (Wildman–Crippen LogP) is 3.39. The molecule has 2 N–H and O–H groups in total. The number of carboxylic acids is 1. The fourth-order valence-electron chi connectivity index (χ4n) is 1.77. The Hall–Kier alpha value is -2.38. The van der Waals surface area contributed by atoms with Gasteiger partial charge in [-0.15, -0.1) is 22.7 Å². The lowest BCUT2D eigenvalue weighted by Crippen LogP contribution is -2.04. The maximum absolute atomic E-state index is 11.6. The van der Waals surface area contributed by atoms with E-state index in [0.29, 0.717) is 10.8 Å². The molecule has 0 aliphatic carbocycles. The molecule has 0 saturated heterocycles. The lowest BCUT2D eigenvalue weighted by molar-refractivity contribution is -0.268. The Morgan fingerprint density at radius 2 is 2.14 bits per heavy atom. The number of carbonyl (C=O) groups is 1. The van der Waals surface area contributed by atoms with Crippen LogP contribution in [0, 0.1) is 0 Å². The molecular weight excluding hydrogens is 308 g/mol. The molecule has 3 rings (SSSR count). The number of hydrogen-bond acceptors (Lipinski definition) is 6. The highest BCUT2D eigenvalue weighted by Crippen LogP contribution is 2.30. The topological polar surface area (TPSA) is 85.3 Å². The van der Waals surface area contributed by atoms with Crippen LogP contribution in [0.25, 0.3) is 10.6 Å². The number of aromatic nitrogens is 1. The smallest absolute Gasteiger partial charge is 0.335 e. The molecule has 0 aliphatic rings. The summed E-state index contributed by atoms with van der Waals surface area (Å²) in [4.78, 5) is 16.3. The van der Waals surface area contributed by atoms with E-state index in [1.54, 1.807) is 17.4 Å². The zero-order chi connectivity index (χ0) is 14.8. The van der Waals surface area contributed by atoms with E-state index in [9.17, 15) is 9.90 Å². The maximum atomic E-state index is 11.6. The first-order valence-corrected chi connectivity index (χ1v) is 7.70. The SMILES string of the molecule is O=C(O)c1ccc(Nc2nc(-c3cccs3)cs2)cc1[O-]. The summed E-state index contributed by atoms with van der Waals surface area (Å²) in [5, 5.41) is 28.0. The second kappa shape index (κ2) is 5.55. The highest BCUT2D eigenvalue weighted by atomic mass is 32.1. The first-order valence-electron chi connectivity index (χ1n) is 5.94. The minimum Gasteiger partial charge on any atom is -0.872 e. The lowest BCUT2D eigenvalue weighted by Gasteiger charge is -2.12. The summed E-state index contributed by atoms with van der Waals surface area (Å²) in [5.41, 5.74) is 1.16. The molecule has 0 aliphatic heterocycles. The molecule has 0 unspecified atom stereocenters. The number of nitrogens with one attached hydrogen (secondary N) is 1. The first kappa shape index (κ1) is 13.6. The molecule has 0 radical (unpaired) electrons. The second-order valence-electron chi connectivity index (χ2n) is 4.16. The van der Waals surface area contributed by atoms with Crippen LogP contribution in [0.15, 0.2) is 41.1 Å². The maximum Gasteiger partial charge on any atom is 0.335 e. The van der Waals surface area contributed by atoms with E-state index >= 15 is 0 Å². The van der Waals surface area contributed by atoms with Crippen molar-refractivity contribution in [3.8, 4) is 16.3 Å². The Balaban J connectivity index is 1.81. The Morgan fingerprint density at radius 3 is 2.81 bits per heavy atom. The summed E-state index contributed by atoms with van der Waals surface area (Å²) < 4.78 is 0. The van der Waals surface area contributed by atoms with Gasteiger partial charge in [-0.05, 0) is 29.6 Å². The van der Waals surface area contributed by atoms with Crippen molar-refractivity contribution in [2.24, 2.45) is 0 Å². The molecule has 5 nitrogen and oxygen atoms in total. The van der Waals surface area contributed by atoms with Crippen molar-refractivity contribution in [1.29, 1.82) is 0 Å². The van der Waals surface area contributed by atoms with Gasteiger partial charge in [0.15, 0.2) is 5.13 Å². The summed E-state index contributed by atoms with van der Waals surface area (Å²) >= 11 is 3.03. The van der Waals surface area contributed by atoms with E-state index in [2.05, 4.69) is 10.3 Å². The molecule has 3 aromatic rings. The van der Waals surface area contributed by atoms with Gasteiger partial charge in [0, 0.05) is 11.1 Å². The van der Waals surface area contributed by atoms with E-state index in [-0.39, 0.29) is 5.56 Å². The van der Waals surface area contributed by atoms with E-state index in [1.807, 2.05) is 22.9 Å². The van der Waals surface area contributed by atoms with Crippen LogP contribution in [0.1, 0.15) is 10.4 Å². The van der Waals surface area contributed by atoms with Crippen molar-refractivity contribution in [3.05, 3.63) is 46.7 Å². The van der Waals surface area contributed by atoms with Crippen molar-refractivity contribution in [2.75, 3.05) is 5.32 Å². The van der Waals surface area contributed by atoms with Crippen molar-refractivity contribution in [2.45, 2.75) is 0 Å². The van der Waals surface area contributed by atoms with Crippen LogP contribution in [0.4, 0.5) is 10.8 Å². The minimum absolute atomic E-state index is 0.237. The number of aromatic carboxylic acids is 1. The Kier molecular flexibility index (Phi) is 3.59. The van der Waals surface area contributed by atoms with E-state index < -0.39 is 11.7 Å². The van der Waals surface area contributed by atoms with Gasteiger partial charge in [0.05, 0.1) is 16.1 Å². The van der Waals surface area contributed by atoms with Gasteiger partial charge in [-0.25, -0.2) is 9.78 Å². The van der Waals surface area contributed by atoms with Crippen molar-refractivity contribution < 1.29 is 15.0 Å². The summed E-state index contributed by atoms with van der Waals surface area (Å²) in [7, 11) is 0. The van der Waals surface area contributed by atoms with Gasteiger partial charge < -0.3 is 15.5 Å². The highest BCUT2D eigenvalue weighted by Gasteiger charge is 2.07. The second-order valence-corrected chi connectivity index (χ2v) is 5.96. The Labute approximate surface area is 128 Å². The fourth-order valence-corrected chi connectivity index (χ4v) is 3.26. The lowest BCUT2D eigenvalue weighted by atomic mass is 10.2. The average molecular weight is 317 g/mol. The van der Waals surface area contributed by atoms with E-state index in [1.165, 1.54) is 23.5 Å². The van der Waals surface area contributed by atoms with Gasteiger partial charge in [-0.2, -0.15) is 0 Å². The summed E-state index contributed by atoms with van der Waals surface area (Å²) in [5.74, 6) is -1.75.